The van der Waals surface area contributed by atoms with E-state index in [0.717, 1.165) is 4.31 Å². The summed E-state index contributed by atoms with van der Waals surface area (Å²) in [7, 11) is -3.84. The molecule has 2 N–H and O–H groups in total. The van der Waals surface area contributed by atoms with Crippen molar-refractivity contribution >= 4 is 16.2 Å². The number of carboxylic acid groups (broad SMARTS) is 1. The highest BCUT2D eigenvalue weighted by Crippen LogP contribution is 2.24. The summed E-state index contributed by atoms with van der Waals surface area (Å²) in [5, 5.41) is 18.5. The summed E-state index contributed by atoms with van der Waals surface area (Å²) in [6.45, 7) is 0.847. The van der Waals surface area contributed by atoms with Gasteiger partial charge >= 0.3 is 5.97 Å². The van der Waals surface area contributed by atoms with E-state index in [1.807, 2.05) is 0 Å². The molecule has 0 bridgehead atoms. The summed E-state index contributed by atoms with van der Waals surface area (Å²) < 4.78 is 31.7. The maximum atomic E-state index is 12.3. The smallest absolute Gasteiger partial charge is 0.322 e. The van der Waals surface area contributed by atoms with E-state index in [-0.39, 0.29) is 26.1 Å². The van der Waals surface area contributed by atoms with Crippen molar-refractivity contribution in [2.45, 2.75) is 18.6 Å². The Kier molecular flexibility index (Phi) is 3.87. The lowest BCUT2D eigenvalue weighted by Gasteiger charge is -2.31. The summed E-state index contributed by atoms with van der Waals surface area (Å²) in [5.74, 6) is -1.23. The van der Waals surface area contributed by atoms with E-state index in [1.165, 1.54) is 4.31 Å². The van der Waals surface area contributed by atoms with Crippen molar-refractivity contribution in [1.82, 2.24) is 8.61 Å². The summed E-state index contributed by atoms with van der Waals surface area (Å²) >= 11 is 0. The van der Waals surface area contributed by atoms with Crippen LogP contribution in [0.2, 0.25) is 0 Å². The highest BCUT2D eigenvalue weighted by Gasteiger charge is 2.45. The molecule has 2 saturated heterocycles. The van der Waals surface area contributed by atoms with Gasteiger partial charge in [-0.25, -0.2) is 0 Å². The molecule has 0 aromatic heterocycles. The van der Waals surface area contributed by atoms with Crippen LogP contribution in [0, 0.1) is 0 Å². The lowest BCUT2D eigenvalue weighted by Crippen LogP contribution is -2.51. The average molecular weight is 280 g/mol. The van der Waals surface area contributed by atoms with Crippen LogP contribution in [0.1, 0.15) is 6.42 Å². The Morgan fingerprint density at radius 2 is 1.89 bits per heavy atom. The van der Waals surface area contributed by atoms with Crippen molar-refractivity contribution in [2.24, 2.45) is 0 Å². The van der Waals surface area contributed by atoms with E-state index in [2.05, 4.69) is 0 Å². The fourth-order valence-electron chi connectivity index (χ4n) is 2.19. The topological polar surface area (TPSA) is 107 Å². The second kappa shape index (κ2) is 5.10. The number of nitrogens with zero attached hydrogens (tertiary/aromatic N) is 2. The summed E-state index contributed by atoms with van der Waals surface area (Å²) in [6.07, 6.45) is -0.999. The van der Waals surface area contributed by atoms with E-state index in [4.69, 9.17) is 9.84 Å². The number of carbonyl (C=O) groups is 1. The molecule has 0 saturated carbocycles. The first-order valence-electron chi connectivity index (χ1n) is 5.68. The Hall–Kier alpha value is -0.740. The van der Waals surface area contributed by atoms with Gasteiger partial charge in [0.1, 0.15) is 6.04 Å². The lowest BCUT2D eigenvalue weighted by molar-refractivity contribution is -0.140. The minimum atomic E-state index is -3.84. The molecule has 2 heterocycles. The SMILES string of the molecule is O=C(O)[C@@H]1CC(O)CN1S(=O)(=O)N1CCOCC1. The van der Waals surface area contributed by atoms with Crippen molar-refractivity contribution in [2.75, 3.05) is 32.8 Å². The Balaban J connectivity index is 2.20. The first-order valence-corrected chi connectivity index (χ1v) is 7.08. The maximum absolute atomic E-state index is 12.3. The monoisotopic (exact) mass is 280 g/mol. The van der Waals surface area contributed by atoms with Crippen LogP contribution in [0.3, 0.4) is 0 Å². The van der Waals surface area contributed by atoms with Gasteiger partial charge in [-0.3, -0.25) is 4.79 Å². The van der Waals surface area contributed by atoms with Crippen LogP contribution in [0.4, 0.5) is 0 Å². The molecule has 2 rings (SSSR count). The van der Waals surface area contributed by atoms with Crippen molar-refractivity contribution in [3.05, 3.63) is 0 Å². The molecule has 0 aromatic rings. The Morgan fingerprint density at radius 3 is 2.44 bits per heavy atom. The van der Waals surface area contributed by atoms with Crippen LogP contribution in [-0.4, -0.2) is 78.2 Å². The highest BCUT2D eigenvalue weighted by molar-refractivity contribution is 7.86. The summed E-state index contributed by atoms with van der Waals surface area (Å²) in [5.41, 5.74) is 0. The number of ether oxygens (including phenoxy) is 1. The number of β-amino-alcohol motifs (C(OH)–C–C–N with tert-alkyl or cyclic N) is 1. The van der Waals surface area contributed by atoms with Crippen LogP contribution in [0.5, 0.6) is 0 Å². The normalized spacial score (nSPS) is 31.6. The zero-order chi connectivity index (χ0) is 13.3. The highest BCUT2D eigenvalue weighted by atomic mass is 32.2. The molecule has 9 heteroatoms. The molecule has 1 unspecified atom stereocenters. The van der Waals surface area contributed by atoms with Crippen LogP contribution < -0.4 is 0 Å². The second-order valence-electron chi connectivity index (χ2n) is 4.33. The molecular weight excluding hydrogens is 264 g/mol. The van der Waals surface area contributed by atoms with Gasteiger partial charge in [0.05, 0.1) is 19.3 Å². The van der Waals surface area contributed by atoms with E-state index >= 15 is 0 Å². The Bertz CT molecular complexity index is 419. The average Bonchev–Trinajstić information content (AvgIpc) is 2.73. The molecule has 2 fully saturated rings. The van der Waals surface area contributed by atoms with Gasteiger partial charge in [-0.05, 0) is 0 Å². The third kappa shape index (κ3) is 2.50. The van der Waals surface area contributed by atoms with Gasteiger partial charge in [-0.2, -0.15) is 17.0 Å². The third-order valence-electron chi connectivity index (χ3n) is 3.11. The molecular formula is C9H16N2O6S. The van der Waals surface area contributed by atoms with Crippen molar-refractivity contribution in [3.63, 3.8) is 0 Å². The number of hydrogen-bond donors (Lipinski definition) is 2. The number of morpholine rings is 1. The quantitative estimate of drug-likeness (QED) is 0.624. The molecule has 2 aliphatic rings. The lowest BCUT2D eigenvalue weighted by atomic mass is 10.2. The molecule has 18 heavy (non-hydrogen) atoms. The number of rotatable bonds is 3. The van der Waals surface area contributed by atoms with Crippen LogP contribution in [0.25, 0.3) is 0 Å². The minimum absolute atomic E-state index is 0.0705. The maximum Gasteiger partial charge on any atom is 0.322 e. The Labute approximate surface area is 105 Å². The number of aliphatic hydroxyl groups excluding tert-OH is 1. The van der Waals surface area contributed by atoms with Gasteiger partial charge in [-0.15, -0.1) is 0 Å². The molecule has 8 nitrogen and oxygen atoms in total. The molecule has 104 valence electrons. The van der Waals surface area contributed by atoms with Crippen molar-refractivity contribution in [1.29, 1.82) is 0 Å². The van der Waals surface area contributed by atoms with Crippen LogP contribution in [0.15, 0.2) is 0 Å². The number of aliphatic hydroxyl groups is 1. The largest absolute Gasteiger partial charge is 0.480 e. The second-order valence-corrected chi connectivity index (χ2v) is 6.21. The van der Waals surface area contributed by atoms with Crippen LogP contribution >= 0.6 is 0 Å². The van der Waals surface area contributed by atoms with Crippen molar-refractivity contribution in [3.8, 4) is 0 Å². The summed E-state index contributed by atoms with van der Waals surface area (Å²) in [6, 6.07) is -1.19. The first-order chi connectivity index (χ1) is 8.43. The fraction of sp³-hybridized carbons (Fsp3) is 0.889. The van der Waals surface area contributed by atoms with Gasteiger partial charge < -0.3 is 14.9 Å². The van der Waals surface area contributed by atoms with Gasteiger partial charge in [0.2, 0.25) is 0 Å². The van der Waals surface area contributed by atoms with Gasteiger partial charge in [0, 0.05) is 26.1 Å². The molecule has 0 aliphatic carbocycles. The fourth-order valence-corrected chi connectivity index (χ4v) is 3.95. The summed E-state index contributed by atoms with van der Waals surface area (Å²) in [4.78, 5) is 11.0. The molecule has 0 spiro atoms. The van der Waals surface area contributed by atoms with Crippen LogP contribution in [-0.2, 0) is 19.7 Å². The Morgan fingerprint density at radius 1 is 1.28 bits per heavy atom. The standard InChI is InChI=1S/C9H16N2O6S/c12-7-5-8(9(13)14)11(6-7)18(15,16)10-1-3-17-4-2-10/h7-8,12H,1-6H2,(H,13,14)/t7?,8-/m0/s1. The minimum Gasteiger partial charge on any atom is -0.480 e. The van der Waals surface area contributed by atoms with E-state index in [9.17, 15) is 18.3 Å². The van der Waals surface area contributed by atoms with Gasteiger partial charge in [-0.1, -0.05) is 0 Å². The molecule has 0 aromatic carbocycles. The van der Waals surface area contributed by atoms with E-state index < -0.39 is 28.3 Å². The number of aliphatic carboxylic acids is 1. The van der Waals surface area contributed by atoms with Gasteiger partial charge in [0.15, 0.2) is 0 Å². The molecule has 0 radical (unpaired) electrons. The molecule has 2 atom stereocenters. The van der Waals surface area contributed by atoms with Crippen molar-refractivity contribution < 1.29 is 28.2 Å². The third-order valence-corrected chi connectivity index (χ3v) is 5.13. The van der Waals surface area contributed by atoms with Gasteiger partial charge in [0.25, 0.3) is 10.2 Å². The molecule has 0 amide bonds. The van der Waals surface area contributed by atoms with E-state index in [0.29, 0.717) is 13.2 Å². The zero-order valence-corrected chi connectivity index (χ0v) is 10.5. The number of hydrogen-bond acceptors (Lipinski definition) is 5. The first kappa shape index (κ1) is 13.7. The molecule has 2 aliphatic heterocycles. The predicted octanol–water partition coefficient (Wildman–Crippen LogP) is -1.92. The predicted molar refractivity (Wildman–Crippen MR) is 60.1 cm³/mol. The van der Waals surface area contributed by atoms with E-state index in [1.54, 1.807) is 0 Å². The zero-order valence-electron chi connectivity index (χ0n) is 9.73. The number of carboxylic acids is 1.